The molecule has 1 rings (SSSR count). The highest BCUT2D eigenvalue weighted by Crippen LogP contribution is 2.24. The summed E-state index contributed by atoms with van der Waals surface area (Å²) >= 11 is 0. The Morgan fingerprint density at radius 3 is 2.67 bits per heavy atom. The highest BCUT2D eigenvalue weighted by Gasteiger charge is 2.20. The Labute approximate surface area is 104 Å². The molecule has 0 bridgehead atoms. The lowest BCUT2D eigenvalue weighted by Crippen LogP contribution is -2.11. The summed E-state index contributed by atoms with van der Waals surface area (Å²) in [5.74, 6) is -0.525. The summed E-state index contributed by atoms with van der Waals surface area (Å²) in [6.45, 7) is 3.50. The molecule has 0 saturated carbocycles. The quantitative estimate of drug-likeness (QED) is 0.345. The van der Waals surface area contributed by atoms with E-state index >= 15 is 0 Å². The number of hydrogen-bond acceptors (Lipinski definition) is 5. The molecule has 0 aromatic heterocycles. The molecule has 96 valence electrons. The summed E-state index contributed by atoms with van der Waals surface area (Å²) in [5, 5.41) is 10.9. The molecule has 0 aliphatic heterocycles. The standard InChI is InChI=1S/C12H13NO5/c1-3-18-12(15)6-10-8(2)4-9(7-14)5-11(10)13(16)17/h4-5,7H,3,6H2,1-2H3. The summed E-state index contributed by atoms with van der Waals surface area (Å²) in [6, 6.07) is 2.67. The van der Waals surface area contributed by atoms with Crippen molar-refractivity contribution >= 4 is 17.9 Å². The van der Waals surface area contributed by atoms with Gasteiger partial charge in [0.1, 0.15) is 6.29 Å². The van der Waals surface area contributed by atoms with Gasteiger partial charge in [-0.2, -0.15) is 0 Å². The van der Waals surface area contributed by atoms with Crippen molar-refractivity contribution < 1.29 is 19.2 Å². The molecule has 0 unspecified atom stereocenters. The van der Waals surface area contributed by atoms with Gasteiger partial charge in [0.2, 0.25) is 0 Å². The number of rotatable bonds is 5. The first-order chi connectivity index (χ1) is 8.49. The van der Waals surface area contributed by atoms with Crippen LogP contribution in [-0.2, 0) is 16.0 Å². The molecule has 0 radical (unpaired) electrons. The molecular weight excluding hydrogens is 238 g/mol. The van der Waals surface area contributed by atoms with Gasteiger partial charge in [-0.3, -0.25) is 19.7 Å². The third-order valence-electron chi connectivity index (χ3n) is 2.43. The van der Waals surface area contributed by atoms with Crippen molar-refractivity contribution in [2.75, 3.05) is 6.61 Å². The van der Waals surface area contributed by atoms with E-state index in [1.165, 1.54) is 6.07 Å². The van der Waals surface area contributed by atoms with Gasteiger partial charge in [-0.15, -0.1) is 0 Å². The number of nitrogens with zero attached hydrogens (tertiary/aromatic N) is 1. The highest BCUT2D eigenvalue weighted by atomic mass is 16.6. The second-order valence-electron chi connectivity index (χ2n) is 3.69. The van der Waals surface area contributed by atoms with E-state index in [-0.39, 0.29) is 29.8 Å². The van der Waals surface area contributed by atoms with Crippen molar-refractivity contribution in [3.8, 4) is 0 Å². The molecule has 0 fully saturated rings. The molecular formula is C12H13NO5. The lowest BCUT2D eigenvalue weighted by molar-refractivity contribution is -0.385. The summed E-state index contributed by atoms with van der Waals surface area (Å²) in [5.41, 5.74) is 0.792. The largest absolute Gasteiger partial charge is 0.466 e. The lowest BCUT2D eigenvalue weighted by Gasteiger charge is -2.07. The molecule has 0 saturated heterocycles. The normalized spacial score (nSPS) is 9.89. The smallest absolute Gasteiger partial charge is 0.310 e. The Morgan fingerprint density at radius 1 is 1.50 bits per heavy atom. The van der Waals surface area contributed by atoms with Crippen LogP contribution in [0.2, 0.25) is 0 Å². The van der Waals surface area contributed by atoms with Crippen LogP contribution in [0, 0.1) is 17.0 Å². The van der Waals surface area contributed by atoms with Crippen LogP contribution < -0.4 is 0 Å². The molecule has 0 aliphatic carbocycles. The zero-order valence-corrected chi connectivity index (χ0v) is 10.1. The average molecular weight is 251 g/mol. The van der Waals surface area contributed by atoms with Gasteiger partial charge in [0, 0.05) is 17.2 Å². The van der Waals surface area contributed by atoms with Gasteiger partial charge in [-0.1, -0.05) is 0 Å². The van der Waals surface area contributed by atoms with E-state index in [0.29, 0.717) is 11.8 Å². The van der Waals surface area contributed by atoms with Crippen molar-refractivity contribution in [3.05, 3.63) is 38.9 Å². The Bertz CT molecular complexity index is 495. The maximum Gasteiger partial charge on any atom is 0.310 e. The van der Waals surface area contributed by atoms with Crippen LogP contribution >= 0.6 is 0 Å². The number of carbonyl (C=O) groups excluding carboxylic acids is 2. The molecule has 6 nitrogen and oxygen atoms in total. The molecule has 0 amide bonds. The van der Waals surface area contributed by atoms with Gasteiger partial charge in [-0.05, 0) is 25.5 Å². The van der Waals surface area contributed by atoms with Crippen molar-refractivity contribution in [3.63, 3.8) is 0 Å². The fourth-order valence-corrected chi connectivity index (χ4v) is 1.64. The Kier molecular flexibility index (Phi) is 4.53. The van der Waals surface area contributed by atoms with Crippen LogP contribution in [0.25, 0.3) is 0 Å². The molecule has 1 aromatic rings. The van der Waals surface area contributed by atoms with Crippen molar-refractivity contribution in [1.82, 2.24) is 0 Å². The number of nitro groups is 1. The summed E-state index contributed by atoms with van der Waals surface area (Å²) < 4.78 is 4.76. The minimum atomic E-state index is -0.603. The number of nitro benzene ring substituents is 1. The predicted octanol–water partition coefficient (Wildman–Crippen LogP) is 1.82. The monoisotopic (exact) mass is 251 g/mol. The molecule has 0 aliphatic rings. The first-order valence-electron chi connectivity index (χ1n) is 5.38. The number of hydrogen-bond donors (Lipinski definition) is 0. The second-order valence-corrected chi connectivity index (χ2v) is 3.69. The topological polar surface area (TPSA) is 86.5 Å². The van der Waals surface area contributed by atoms with E-state index < -0.39 is 10.9 Å². The molecule has 0 heterocycles. The van der Waals surface area contributed by atoms with E-state index in [4.69, 9.17) is 4.74 Å². The lowest BCUT2D eigenvalue weighted by atomic mass is 10.0. The van der Waals surface area contributed by atoms with Crippen LogP contribution in [0.3, 0.4) is 0 Å². The number of benzene rings is 1. The number of aryl methyl sites for hydroxylation is 1. The number of ether oxygens (including phenoxy) is 1. The predicted molar refractivity (Wildman–Crippen MR) is 63.6 cm³/mol. The first-order valence-corrected chi connectivity index (χ1v) is 5.38. The van der Waals surface area contributed by atoms with Gasteiger partial charge in [0.05, 0.1) is 18.0 Å². The van der Waals surface area contributed by atoms with Crippen LogP contribution in [0.1, 0.15) is 28.4 Å². The number of aldehydes is 1. The third kappa shape index (κ3) is 3.13. The van der Waals surface area contributed by atoms with Crippen LogP contribution in [0.15, 0.2) is 12.1 Å². The molecule has 18 heavy (non-hydrogen) atoms. The minimum absolute atomic E-state index is 0.172. The fourth-order valence-electron chi connectivity index (χ4n) is 1.64. The van der Waals surface area contributed by atoms with E-state index in [0.717, 1.165) is 6.07 Å². The number of esters is 1. The molecule has 0 N–H and O–H groups in total. The van der Waals surface area contributed by atoms with E-state index in [1.807, 2.05) is 0 Å². The fraction of sp³-hybridized carbons (Fsp3) is 0.333. The van der Waals surface area contributed by atoms with Crippen molar-refractivity contribution in [1.29, 1.82) is 0 Å². The molecule has 0 atom stereocenters. The SMILES string of the molecule is CCOC(=O)Cc1c(C)cc(C=O)cc1[N+](=O)[O-]. The highest BCUT2D eigenvalue weighted by molar-refractivity contribution is 5.80. The van der Waals surface area contributed by atoms with Gasteiger partial charge >= 0.3 is 5.97 Å². The molecule has 0 spiro atoms. The maximum atomic E-state index is 11.4. The Balaban J connectivity index is 3.20. The zero-order chi connectivity index (χ0) is 13.7. The summed E-state index contributed by atoms with van der Waals surface area (Å²) in [4.78, 5) is 32.4. The molecule has 6 heteroatoms. The van der Waals surface area contributed by atoms with E-state index in [2.05, 4.69) is 0 Å². The molecule has 1 aromatic carbocycles. The van der Waals surface area contributed by atoms with Crippen LogP contribution in [0.5, 0.6) is 0 Å². The van der Waals surface area contributed by atoms with Crippen LogP contribution in [-0.4, -0.2) is 23.8 Å². The maximum absolute atomic E-state index is 11.4. The minimum Gasteiger partial charge on any atom is -0.466 e. The summed E-state index contributed by atoms with van der Waals surface area (Å²) in [7, 11) is 0. The Hall–Kier alpha value is -2.24. The van der Waals surface area contributed by atoms with Gasteiger partial charge in [0.25, 0.3) is 5.69 Å². The zero-order valence-electron chi connectivity index (χ0n) is 10.1. The second kappa shape index (κ2) is 5.90. The van der Waals surface area contributed by atoms with E-state index in [1.54, 1.807) is 13.8 Å². The first kappa shape index (κ1) is 13.8. The number of carbonyl (C=O) groups is 2. The average Bonchev–Trinajstić information content (AvgIpc) is 2.31. The van der Waals surface area contributed by atoms with Crippen molar-refractivity contribution in [2.45, 2.75) is 20.3 Å². The summed E-state index contributed by atoms with van der Waals surface area (Å²) in [6.07, 6.45) is 0.364. The third-order valence-corrected chi connectivity index (χ3v) is 2.43. The van der Waals surface area contributed by atoms with Crippen LogP contribution in [0.4, 0.5) is 5.69 Å². The van der Waals surface area contributed by atoms with Gasteiger partial charge < -0.3 is 4.74 Å². The van der Waals surface area contributed by atoms with Crippen molar-refractivity contribution in [2.24, 2.45) is 0 Å². The van der Waals surface area contributed by atoms with Gasteiger partial charge in [0.15, 0.2) is 0 Å². The van der Waals surface area contributed by atoms with Gasteiger partial charge in [-0.25, -0.2) is 0 Å². The Morgan fingerprint density at radius 2 is 2.17 bits per heavy atom. The van der Waals surface area contributed by atoms with E-state index in [9.17, 15) is 19.7 Å².